The number of halogens is 3. The number of quaternary nitrogens is 1. The second-order valence-electron chi connectivity index (χ2n) is 3.89. The van der Waals surface area contributed by atoms with E-state index in [4.69, 9.17) is 0 Å². The van der Waals surface area contributed by atoms with Gasteiger partial charge in [0, 0.05) is 0 Å². The van der Waals surface area contributed by atoms with Crippen LogP contribution >= 0.6 is 0 Å². The Balaban J connectivity index is 3.99. The first-order valence-corrected chi connectivity index (χ1v) is 5.44. The zero-order valence-corrected chi connectivity index (χ0v) is 9.44. The third-order valence-electron chi connectivity index (χ3n) is 1.34. The normalized spacial score (nSPS) is 14.3. The van der Waals surface area contributed by atoms with Crippen molar-refractivity contribution >= 4 is 10.0 Å². The van der Waals surface area contributed by atoms with Crippen LogP contribution in [0.15, 0.2) is 0 Å². The lowest BCUT2D eigenvalue weighted by molar-refractivity contribution is -0.870. The van der Waals surface area contributed by atoms with Gasteiger partial charge >= 0.3 is 15.5 Å². The van der Waals surface area contributed by atoms with Gasteiger partial charge in [0.05, 0.1) is 21.1 Å². The van der Waals surface area contributed by atoms with Gasteiger partial charge in [0.25, 0.3) is 0 Å². The van der Waals surface area contributed by atoms with Crippen molar-refractivity contribution in [1.82, 2.24) is 4.89 Å². The summed E-state index contributed by atoms with van der Waals surface area (Å²) in [4.78, 5) is 5.24. The summed E-state index contributed by atoms with van der Waals surface area (Å²) in [6.45, 7) is 0.235. The smallest absolute Gasteiger partial charge is 0.329 e. The molecule has 0 aliphatic carbocycles. The highest BCUT2D eigenvalue weighted by Crippen LogP contribution is 2.21. The van der Waals surface area contributed by atoms with E-state index in [1.807, 2.05) is 0 Å². The van der Waals surface area contributed by atoms with E-state index >= 15 is 0 Å². The van der Waals surface area contributed by atoms with Crippen molar-refractivity contribution in [3.8, 4) is 0 Å². The highest BCUT2D eigenvalue weighted by molar-refractivity contribution is 7.90. The lowest BCUT2D eigenvalue weighted by atomic mass is 10.5. The Labute approximate surface area is 86.4 Å². The van der Waals surface area contributed by atoms with Crippen LogP contribution in [0.5, 0.6) is 0 Å². The van der Waals surface area contributed by atoms with E-state index in [2.05, 4.69) is 4.84 Å². The quantitative estimate of drug-likeness (QED) is 0.427. The molecule has 0 radical (unpaired) electrons. The first kappa shape index (κ1) is 14.6. The van der Waals surface area contributed by atoms with Crippen molar-refractivity contribution < 1.29 is 30.9 Å². The van der Waals surface area contributed by atoms with E-state index in [1.165, 1.54) is 0 Å². The monoisotopic (exact) mass is 251 g/mol. The molecule has 0 aromatic rings. The summed E-state index contributed by atoms with van der Waals surface area (Å²) in [5.41, 5.74) is -5.34. The number of sulfonamides is 1. The van der Waals surface area contributed by atoms with E-state index < -0.39 is 15.5 Å². The van der Waals surface area contributed by atoms with Crippen molar-refractivity contribution in [3.63, 3.8) is 0 Å². The lowest BCUT2D eigenvalue weighted by Crippen LogP contribution is -2.41. The van der Waals surface area contributed by atoms with E-state index in [9.17, 15) is 21.6 Å². The van der Waals surface area contributed by atoms with Crippen LogP contribution in [0, 0.1) is 0 Å². The average molecular weight is 251 g/mol. The molecule has 0 saturated carbocycles. The maximum Gasteiger partial charge on any atom is 0.513 e. The van der Waals surface area contributed by atoms with Gasteiger partial charge in [0.15, 0.2) is 0 Å². The largest absolute Gasteiger partial charge is 0.513 e. The second kappa shape index (κ2) is 4.64. The van der Waals surface area contributed by atoms with Crippen molar-refractivity contribution in [2.75, 3.05) is 34.3 Å². The summed E-state index contributed by atoms with van der Waals surface area (Å²) in [6, 6.07) is 0. The Morgan fingerprint density at radius 2 is 1.73 bits per heavy atom. The molecule has 15 heavy (non-hydrogen) atoms. The summed E-state index contributed by atoms with van der Waals surface area (Å²) in [5, 5.41) is 0. The molecule has 9 heteroatoms. The number of nitrogens with one attached hydrogen (secondary N) is 1. The highest BCUT2D eigenvalue weighted by Gasteiger charge is 2.46. The molecule has 0 unspecified atom stereocenters. The van der Waals surface area contributed by atoms with Crippen LogP contribution in [0.3, 0.4) is 0 Å². The van der Waals surface area contributed by atoms with E-state index in [-0.39, 0.29) is 6.61 Å². The molecule has 0 rings (SSSR count). The topological polar surface area (TPSA) is 55.4 Å². The standard InChI is InChI=1S/C6H14F3N2O3S/c1-11(2,3)4-5-14-10-15(12,13)6(7,8)9/h10H,4-5H2,1-3H3/q+1. The minimum atomic E-state index is -5.39. The van der Waals surface area contributed by atoms with Gasteiger partial charge in [0.2, 0.25) is 0 Å². The van der Waals surface area contributed by atoms with Crippen molar-refractivity contribution in [2.24, 2.45) is 0 Å². The van der Waals surface area contributed by atoms with Crippen LogP contribution in [-0.2, 0) is 14.9 Å². The fraction of sp³-hybridized carbons (Fsp3) is 1.00. The molecule has 0 heterocycles. The minimum Gasteiger partial charge on any atom is -0.329 e. The fourth-order valence-corrected chi connectivity index (χ4v) is 0.819. The zero-order valence-electron chi connectivity index (χ0n) is 8.63. The summed E-state index contributed by atoms with van der Waals surface area (Å²) < 4.78 is 56.6. The first-order chi connectivity index (χ1) is 6.46. The highest BCUT2D eigenvalue weighted by atomic mass is 32.2. The molecule has 0 saturated heterocycles. The van der Waals surface area contributed by atoms with Crippen molar-refractivity contribution in [3.05, 3.63) is 0 Å². The third kappa shape index (κ3) is 5.92. The molecule has 0 fully saturated rings. The van der Waals surface area contributed by atoms with Gasteiger partial charge in [-0.1, -0.05) is 4.89 Å². The Bertz CT molecular complexity index is 294. The average Bonchev–Trinajstić information content (AvgIpc) is 1.94. The zero-order chi connectivity index (χ0) is 12.3. The molecule has 0 bridgehead atoms. The van der Waals surface area contributed by atoms with Crippen LogP contribution in [-0.4, -0.2) is 52.7 Å². The van der Waals surface area contributed by atoms with Crippen molar-refractivity contribution in [2.45, 2.75) is 5.51 Å². The number of likely N-dealkylation sites (N-methyl/N-ethyl adjacent to an activating group) is 1. The van der Waals surface area contributed by atoms with Crippen LogP contribution in [0.25, 0.3) is 0 Å². The predicted octanol–water partition coefficient (Wildman–Crippen LogP) is 0.0634. The number of alkyl halides is 3. The summed E-state index contributed by atoms with van der Waals surface area (Å²) in [7, 11) is -0.0148. The Morgan fingerprint density at radius 1 is 1.27 bits per heavy atom. The molecule has 0 amide bonds. The molecule has 0 atom stereocenters. The van der Waals surface area contributed by atoms with Crippen molar-refractivity contribution in [1.29, 1.82) is 0 Å². The molecule has 92 valence electrons. The second-order valence-corrected chi connectivity index (χ2v) is 5.53. The van der Waals surface area contributed by atoms with Crippen LogP contribution in [0.1, 0.15) is 0 Å². The molecule has 0 spiro atoms. The molecule has 0 aliphatic rings. The SMILES string of the molecule is C[N+](C)(C)CCONS(=O)(=O)C(F)(F)F. The van der Waals surface area contributed by atoms with Crippen LogP contribution in [0.4, 0.5) is 13.2 Å². The molecule has 5 nitrogen and oxygen atoms in total. The number of hydrogen-bond acceptors (Lipinski definition) is 3. The Morgan fingerprint density at radius 3 is 2.07 bits per heavy atom. The fourth-order valence-electron chi connectivity index (χ4n) is 0.486. The minimum absolute atomic E-state index is 0.140. The molecule has 0 aromatic heterocycles. The van der Waals surface area contributed by atoms with Gasteiger partial charge in [-0.05, 0) is 0 Å². The van der Waals surface area contributed by atoms with Gasteiger partial charge < -0.3 is 4.48 Å². The molecule has 0 aromatic carbocycles. The Hall–Kier alpha value is -0.380. The van der Waals surface area contributed by atoms with Gasteiger partial charge in [0.1, 0.15) is 13.2 Å². The van der Waals surface area contributed by atoms with Gasteiger partial charge in [-0.2, -0.15) is 13.2 Å². The van der Waals surface area contributed by atoms with Crippen LogP contribution < -0.4 is 4.89 Å². The molecular weight excluding hydrogens is 237 g/mol. The number of nitrogens with zero attached hydrogens (tertiary/aromatic N) is 1. The Kier molecular flexibility index (Phi) is 4.52. The summed E-state index contributed by atoms with van der Waals surface area (Å²) in [6.07, 6.45) is 0. The molecular formula is C6H14F3N2O3S+. The summed E-state index contributed by atoms with van der Waals surface area (Å²) in [5.74, 6) is 0. The maximum atomic E-state index is 11.8. The van der Waals surface area contributed by atoms with Gasteiger partial charge in [-0.25, -0.2) is 8.42 Å². The number of hydrogen-bond donors (Lipinski definition) is 1. The molecule has 1 N–H and O–H groups in total. The lowest BCUT2D eigenvalue weighted by Gasteiger charge is -2.23. The van der Waals surface area contributed by atoms with Gasteiger partial charge in [-0.15, -0.1) is 0 Å². The third-order valence-corrected chi connectivity index (χ3v) is 2.28. The number of rotatable bonds is 5. The summed E-state index contributed by atoms with van der Waals surface area (Å²) >= 11 is 0. The predicted molar refractivity (Wildman–Crippen MR) is 47.0 cm³/mol. The first-order valence-electron chi connectivity index (χ1n) is 3.96. The van der Waals surface area contributed by atoms with Crippen LogP contribution in [0.2, 0.25) is 0 Å². The van der Waals surface area contributed by atoms with E-state index in [0.29, 0.717) is 11.0 Å². The van der Waals surface area contributed by atoms with E-state index in [0.717, 1.165) is 4.89 Å². The molecule has 0 aliphatic heterocycles. The maximum absolute atomic E-state index is 11.8. The van der Waals surface area contributed by atoms with Gasteiger partial charge in [-0.3, -0.25) is 4.84 Å². The van der Waals surface area contributed by atoms with E-state index in [1.54, 1.807) is 21.1 Å².